The Labute approximate surface area is 272 Å². The third-order valence-corrected chi connectivity index (χ3v) is 16.9. The van der Waals surface area contributed by atoms with E-state index in [0.29, 0.717) is 12.8 Å². The number of benzene rings is 4. The number of ketones is 1. The molecule has 0 amide bonds. The quantitative estimate of drug-likeness (QED) is 0.114. The van der Waals surface area contributed by atoms with Crippen LogP contribution in [-0.2, 0) is 24.2 Å². The second-order valence-electron chi connectivity index (χ2n) is 13.1. The Morgan fingerprint density at radius 3 is 1.65 bits per heavy atom. The molecule has 2 aliphatic rings. The van der Waals surface area contributed by atoms with Gasteiger partial charge in [0.25, 0.3) is 0 Å². The third kappa shape index (κ3) is 5.20. The molecule has 0 heterocycles. The lowest BCUT2D eigenvalue weighted by atomic mass is 9.69. The molecule has 6 rings (SSSR count). The maximum atomic E-state index is 14.9. The van der Waals surface area contributed by atoms with Crippen LogP contribution in [0.1, 0.15) is 46.5 Å². The van der Waals surface area contributed by atoms with Crippen LogP contribution < -0.4 is 15.9 Å². The third-order valence-electron chi connectivity index (χ3n) is 10.7. The van der Waals surface area contributed by atoms with Gasteiger partial charge >= 0.3 is 5.97 Å². The Morgan fingerprint density at radius 1 is 0.761 bits per heavy atom. The summed E-state index contributed by atoms with van der Waals surface area (Å²) in [6.45, 7) is 2.99. The number of hydrogen-bond donors (Lipinski definition) is 0. The molecule has 2 bridgehead atoms. The molecule has 0 radical (unpaired) electrons. The highest BCUT2D eigenvalue weighted by Gasteiger charge is 2.67. The number of ether oxygens (including phenoxy) is 1. The van der Waals surface area contributed by atoms with Crippen molar-refractivity contribution in [1.82, 2.24) is 0 Å². The molecular weight excluding hydrogens is 611 g/mol. The molecule has 46 heavy (non-hydrogen) atoms. The Morgan fingerprint density at radius 2 is 1.22 bits per heavy atom. The highest BCUT2D eigenvalue weighted by Crippen LogP contribution is 2.67. The van der Waals surface area contributed by atoms with Gasteiger partial charge < -0.3 is 4.74 Å². The molecule has 4 aromatic carbocycles. The van der Waals surface area contributed by atoms with Gasteiger partial charge in [-0.25, -0.2) is 13.2 Å². The van der Waals surface area contributed by atoms with Gasteiger partial charge in [0, 0.05) is 11.8 Å². The van der Waals surface area contributed by atoms with Crippen LogP contribution in [0.25, 0.3) is 0 Å². The predicted molar refractivity (Wildman–Crippen MR) is 187 cm³/mol. The van der Waals surface area contributed by atoms with Crippen molar-refractivity contribution in [3.05, 3.63) is 121 Å². The van der Waals surface area contributed by atoms with E-state index in [9.17, 15) is 18.0 Å². The van der Waals surface area contributed by atoms with Gasteiger partial charge in [-0.2, -0.15) is 0 Å². The molecule has 3 atom stereocenters. The van der Waals surface area contributed by atoms with Crippen LogP contribution in [0.5, 0.6) is 0 Å². The number of sulfone groups is 1. The molecule has 0 aliphatic heterocycles. The van der Waals surface area contributed by atoms with Crippen molar-refractivity contribution in [1.29, 1.82) is 0 Å². The number of rotatable bonds is 10. The molecule has 0 aromatic heterocycles. The van der Waals surface area contributed by atoms with Crippen molar-refractivity contribution in [2.45, 2.75) is 57.5 Å². The van der Waals surface area contributed by atoms with Crippen LogP contribution >= 0.6 is 6.89 Å². The van der Waals surface area contributed by atoms with Gasteiger partial charge in [0.1, 0.15) is 11.4 Å². The van der Waals surface area contributed by atoms with Gasteiger partial charge in [-0.3, -0.25) is 4.79 Å². The predicted octanol–water partition coefficient (Wildman–Crippen LogP) is 6.34. The van der Waals surface area contributed by atoms with Crippen LogP contribution in [0.4, 0.5) is 0 Å². The zero-order valence-electron chi connectivity index (χ0n) is 26.6. The number of hydrogen-bond acceptors (Lipinski definition) is 5. The fourth-order valence-electron chi connectivity index (χ4n) is 8.14. The summed E-state index contributed by atoms with van der Waals surface area (Å²) >= 11 is 0. The van der Waals surface area contributed by atoms with Crippen molar-refractivity contribution in [2.75, 3.05) is 5.75 Å². The summed E-state index contributed by atoms with van der Waals surface area (Å²) in [5, 5.41) is 2.81. The number of carbonyl (C=O) groups is 2. The van der Waals surface area contributed by atoms with Crippen molar-refractivity contribution < 1.29 is 22.7 Å². The molecule has 2 fully saturated rings. The molecule has 7 heteroatoms. The first kappa shape index (κ1) is 32.2. The standard InChI is InChI=1S/C39H41O5PS/c1-4-34(40)36(45(30-17-9-5-10-18-30,31-19-11-6-12-20-31)32-21-13-7-14-22-32)37(41)44-35-27-29-25-26-39(35,38(29,2)3)28-46(42,43)33-23-15-8-16-24-33/h5-24,29,35H,4,25-28H2,1-3H3/t29-,35-,39-/m0/s1. The molecule has 0 saturated heterocycles. The van der Waals surface area contributed by atoms with E-state index in [0.717, 1.165) is 22.3 Å². The highest BCUT2D eigenvalue weighted by atomic mass is 32.2. The molecule has 0 spiro atoms. The SMILES string of the molecule is CCC(=O)C(C(=O)O[C@H]1C[C@@H]2CC[C@@]1(CS(=O)(=O)c1ccccc1)C2(C)C)=P(c1ccccc1)(c1ccccc1)c1ccccc1. The summed E-state index contributed by atoms with van der Waals surface area (Å²) in [5.41, 5.74) is -1.16. The van der Waals surface area contributed by atoms with E-state index in [1.54, 1.807) is 37.3 Å². The lowest BCUT2D eigenvalue weighted by molar-refractivity contribution is -0.148. The van der Waals surface area contributed by atoms with Gasteiger partial charge in [-0.05, 0) is 65.5 Å². The van der Waals surface area contributed by atoms with Crippen molar-refractivity contribution in [2.24, 2.45) is 16.7 Å². The van der Waals surface area contributed by atoms with Crippen LogP contribution in [0.2, 0.25) is 0 Å². The molecule has 2 saturated carbocycles. The molecule has 2 aliphatic carbocycles. The zero-order valence-corrected chi connectivity index (χ0v) is 28.3. The number of carbonyl (C=O) groups excluding carboxylic acids is 2. The number of esters is 1. The average molecular weight is 653 g/mol. The van der Waals surface area contributed by atoms with Gasteiger partial charge in [0.05, 0.1) is 10.6 Å². The largest absolute Gasteiger partial charge is 0.458 e. The number of fused-ring (bicyclic) bond motifs is 2. The summed E-state index contributed by atoms with van der Waals surface area (Å²) in [6, 6.07) is 38.0. The minimum absolute atomic E-state index is 0.112. The van der Waals surface area contributed by atoms with Crippen molar-refractivity contribution in [3.63, 3.8) is 0 Å². The number of Topliss-reactive ketones (excluding diaryl/α,β-unsaturated/α-hetero) is 1. The van der Waals surface area contributed by atoms with Crippen LogP contribution in [0, 0.1) is 16.7 Å². The van der Waals surface area contributed by atoms with E-state index in [1.807, 2.05) is 91.0 Å². The van der Waals surface area contributed by atoms with Crippen LogP contribution in [0.3, 0.4) is 0 Å². The molecule has 0 N–H and O–H groups in total. The van der Waals surface area contributed by atoms with E-state index in [1.165, 1.54) is 0 Å². The maximum Gasteiger partial charge on any atom is 0.343 e. The molecule has 4 aromatic rings. The Kier molecular flexibility index (Phi) is 8.73. The molecular formula is C39H41O5PS. The molecule has 238 valence electrons. The summed E-state index contributed by atoms with van der Waals surface area (Å²) in [4.78, 5) is 29.5. The lowest BCUT2D eigenvalue weighted by Gasteiger charge is -2.42. The van der Waals surface area contributed by atoms with E-state index in [2.05, 4.69) is 13.8 Å². The summed E-state index contributed by atoms with van der Waals surface area (Å²) in [7, 11) is -3.68. The van der Waals surface area contributed by atoms with Gasteiger partial charge in [-0.15, -0.1) is 0 Å². The van der Waals surface area contributed by atoms with E-state index in [-0.39, 0.29) is 39.5 Å². The fraction of sp³-hybridized carbons (Fsp3) is 0.308. The first-order chi connectivity index (χ1) is 22.1. The van der Waals surface area contributed by atoms with Crippen LogP contribution in [0.15, 0.2) is 126 Å². The van der Waals surface area contributed by atoms with Gasteiger partial charge in [-0.1, -0.05) is 130 Å². The second kappa shape index (κ2) is 12.5. The first-order valence-corrected chi connectivity index (χ1v) is 19.5. The van der Waals surface area contributed by atoms with E-state index >= 15 is 0 Å². The fourth-order valence-corrected chi connectivity index (χ4v) is 14.6. The van der Waals surface area contributed by atoms with Gasteiger partial charge in [0.15, 0.2) is 15.6 Å². The van der Waals surface area contributed by atoms with E-state index < -0.39 is 34.2 Å². The smallest absolute Gasteiger partial charge is 0.343 e. The normalized spacial score (nSPS) is 21.9. The lowest BCUT2D eigenvalue weighted by Crippen LogP contribution is -2.48. The zero-order chi connectivity index (χ0) is 32.6. The average Bonchev–Trinajstić information content (AvgIpc) is 3.43. The Bertz CT molecular complexity index is 1780. The molecule has 0 unspecified atom stereocenters. The first-order valence-electron chi connectivity index (χ1n) is 16.0. The van der Waals surface area contributed by atoms with Crippen molar-refractivity contribution in [3.8, 4) is 0 Å². The topological polar surface area (TPSA) is 77.5 Å². The summed E-state index contributed by atoms with van der Waals surface area (Å²) < 4.78 is 34.4. The Hall–Kier alpha value is -3.73. The minimum Gasteiger partial charge on any atom is -0.458 e. The van der Waals surface area contributed by atoms with Gasteiger partial charge in [0.2, 0.25) is 0 Å². The monoisotopic (exact) mass is 652 g/mol. The second-order valence-corrected chi connectivity index (χ2v) is 18.4. The molecule has 5 nitrogen and oxygen atoms in total. The van der Waals surface area contributed by atoms with Crippen molar-refractivity contribution >= 4 is 49.7 Å². The maximum absolute atomic E-state index is 14.9. The van der Waals surface area contributed by atoms with E-state index in [4.69, 9.17) is 4.74 Å². The summed E-state index contributed by atoms with van der Waals surface area (Å²) in [6.07, 6.45) is 1.58. The Balaban J connectivity index is 1.56. The highest BCUT2D eigenvalue weighted by molar-refractivity contribution is 7.97. The minimum atomic E-state index is -3.68. The van der Waals surface area contributed by atoms with Crippen LogP contribution in [-0.4, -0.2) is 37.3 Å². The summed E-state index contributed by atoms with van der Waals surface area (Å²) in [5.74, 6) is -0.804.